The minimum atomic E-state index is -4.45. The van der Waals surface area contributed by atoms with Crippen molar-refractivity contribution < 1.29 is 27.4 Å². The number of ketones is 1. The molecule has 2 heterocycles. The van der Waals surface area contributed by atoms with Gasteiger partial charge in [0, 0.05) is 18.3 Å². The zero-order valence-electron chi connectivity index (χ0n) is 13.9. The summed E-state index contributed by atoms with van der Waals surface area (Å²) in [5.74, 6) is 0.758. The van der Waals surface area contributed by atoms with Crippen molar-refractivity contribution in [2.24, 2.45) is 0 Å². The second-order valence-corrected chi connectivity index (χ2v) is 6.56. The van der Waals surface area contributed by atoms with Crippen molar-refractivity contribution in [1.29, 1.82) is 0 Å². The molecular formula is C18H16F3NO3. The molecule has 1 aromatic carbocycles. The number of ether oxygens (including phenoxy) is 2. The Morgan fingerprint density at radius 1 is 1.24 bits per heavy atom. The van der Waals surface area contributed by atoms with Gasteiger partial charge in [-0.3, -0.25) is 4.79 Å². The molecule has 0 amide bonds. The summed E-state index contributed by atoms with van der Waals surface area (Å²) in [4.78, 5) is 16.0. The molecule has 25 heavy (non-hydrogen) atoms. The van der Waals surface area contributed by atoms with Crippen LogP contribution in [-0.4, -0.2) is 16.4 Å². The third-order valence-corrected chi connectivity index (χ3v) is 3.81. The monoisotopic (exact) mass is 351 g/mol. The van der Waals surface area contributed by atoms with Crippen LogP contribution in [0, 0.1) is 6.92 Å². The molecule has 2 aromatic rings. The van der Waals surface area contributed by atoms with E-state index in [1.165, 1.54) is 0 Å². The lowest BCUT2D eigenvalue weighted by Crippen LogP contribution is -2.36. The SMILES string of the molecule is Cc1cc(Oc2ccc(C(F)(F)F)cn2)cc2c1C(=O)CC(C)(C)O2. The normalized spacial score (nSPS) is 16.2. The molecule has 1 aliphatic rings. The lowest BCUT2D eigenvalue weighted by molar-refractivity contribution is -0.137. The van der Waals surface area contributed by atoms with Gasteiger partial charge in [-0.1, -0.05) is 0 Å². The van der Waals surface area contributed by atoms with Crippen LogP contribution in [0.25, 0.3) is 0 Å². The van der Waals surface area contributed by atoms with Gasteiger partial charge in [-0.2, -0.15) is 13.2 Å². The number of Topliss-reactive ketones (excluding diaryl/α,β-unsaturated/α-hetero) is 1. The Morgan fingerprint density at radius 2 is 1.96 bits per heavy atom. The molecule has 0 aliphatic carbocycles. The van der Waals surface area contributed by atoms with E-state index in [0.29, 0.717) is 28.8 Å². The van der Waals surface area contributed by atoms with Gasteiger partial charge in [0.25, 0.3) is 0 Å². The van der Waals surface area contributed by atoms with Gasteiger partial charge in [0.05, 0.1) is 17.5 Å². The van der Waals surface area contributed by atoms with Crippen LogP contribution in [0.1, 0.15) is 41.8 Å². The Morgan fingerprint density at radius 3 is 2.56 bits per heavy atom. The number of pyridine rings is 1. The van der Waals surface area contributed by atoms with Gasteiger partial charge in [-0.15, -0.1) is 0 Å². The van der Waals surface area contributed by atoms with E-state index in [-0.39, 0.29) is 18.1 Å². The van der Waals surface area contributed by atoms with E-state index in [4.69, 9.17) is 9.47 Å². The fourth-order valence-corrected chi connectivity index (χ4v) is 2.76. The Hall–Kier alpha value is -2.57. The van der Waals surface area contributed by atoms with Gasteiger partial charge in [0.2, 0.25) is 5.88 Å². The first kappa shape index (κ1) is 17.3. The summed E-state index contributed by atoms with van der Waals surface area (Å²) in [6.07, 6.45) is -3.46. The molecule has 4 nitrogen and oxygen atoms in total. The van der Waals surface area contributed by atoms with Crippen LogP contribution >= 0.6 is 0 Å². The van der Waals surface area contributed by atoms with Crippen LogP contribution < -0.4 is 9.47 Å². The highest BCUT2D eigenvalue weighted by Crippen LogP contribution is 2.39. The first-order valence-corrected chi connectivity index (χ1v) is 7.63. The molecule has 0 spiro atoms. The molecular weight excluding hydrogens is 335 g/mol. The molecule has 0 saturated carbocycles. The molecule has 0 saturated heterocycles. The number of hydrogen-bond donors (Lipinski definition) is 0. The summed E-state index contributed by atoms with van der Waals surface area (Å²) in [6, 6.07) is 5.24. The summed E-state index contributed by atoms with van der Waals surface area (Å²) in [5, 5.41) is 0. The summed E-state index contributed by atoms with van der Waals surface area (Å²) in [5.41, 5.74) is -0.286. The van der Waals surface area contributed by atoms with Crippen LogP contribution in [0.3, 0.4) is 0 Å². The Balaban J connectivity index is 1.89. The summed E-state index contributed by atoms with van der Waals surface area (Å²) < 4.78 is 49.1. The summed E-state index contributed by atoms with van der Waals surface area (Å²) >= 11 is 0. The van der Waals surface area contributed by atoms with Crippen LogP contribution in [0.4, 0.5) is 13.2 Å². The molecule has 3 rings (SSSR count). The number of halogens is 3. The average molecular weight is 351 g/mol. The van der Waals surface area contributed by atoms with Gasteiger partial charge in [0.15, 0.2) is 5.78 Å². The molecule has 0 unspecified atom stereocenters. The highest BCUT2D eigenvalue weighted by molar-refractivity contribution is 6.01. The maximum absolute atomic E-state index is 12.6. The third-order valence-electron chi connectivity index (χ3n) is 3.81. The lowest BCUT2D eigenvalue weighted by Gasteiger charge is -2.32. The predicted octanol–water partition coefficient (Wildman–Crippen LogP) is 4.94. The summed E-state index contributed by atoms with van der Waals surface area (Å²) in [6.45, 7) is 5.38. The molecule has 7 heteroatoms. The first-order chi connectivity index (χ1) is 11.5. The van der Waals surface area contributed by atoms with Crippen molar-refractivity contribution in [2.45, 2.75) is 39.0 Å². The Kier molecular flexibility index (Phi) is 3.97. The maximum atomic E-state index is 12.6. The Bertz CT molecular complexity index is 827. The van der Waals surface area contributed by atoms with E-state index < -0.39 is 17.3 Å². The number of carbonyl (C=O) groups is 1. The number of benzene rings is 1. The van der Waals surface area contributed by atoms with Crippen LogP contribution in [0.15, 0.2) is 30.5 Å². The number of carbonyl (C=O) groups excluding carboxylic acids is 1. The lowest BCUT2D eigenvalue weighted by atomic mass is 9.90. The van der Waals surface area contributed by atoms with Crippen molar-refractivity contribution >= 4 is 5.78 Å². The number of fused-ring (bicyclic) bond motifs is 1. The predicted molar refractivity (Wildman–Crippen MR) is 84.1 cm³/mol. The van der Waals surface area contributed by atoms with Crippen molar-refractivity contribution in [1.82, 2.24) is 4.98 Å². The van der Waals surface area contributed by atoms with Crippen LogP contribution in [-0.2, 0) is 6.18 Å². The zero-order valence-corrected chi connectivity index (χ0v) is 13.9. The molecule has 1 aliphatic heterocycles. The minimum Gasteiger partial charge on any atom is -0.486 e. The summed E-state index contributed by atoms with van der Waals surface area (Å²) in [7, 11) is 0. The van der Waals surface area contributed by atoms with Crippen molar-refractivity contribution in [3.63, 3.8) is 0 Å². The fraction of sp³-hybridized carbons (Fsp3) is 0.333. The van der Waals surface area contributed by atoms with Crippen LogP contribution in [0.2, 0.25) is 0 Å². The van der Waals surface area contributed by atoms with E-state index in [2.05, 4.69) is 4.98 Å². The van der Waals surface area contributed by atoms with Crippen LogP contribution in [0.5, 0.6) is 17.4 Å². The number of aryl methyl sites for hydroxylation is 1. The van der Waals surface area contributed by atoms with E-state index in [9.17, 15) is 18.0 Å². The minimum absolute atomic E-state index is 0.0112. The molecule has 0 fully saturated rings. The maximum Gasteiger partial charge on any atom is 0.417 e. The van der Waals surface area contributed by atoms with E-state index >= 15 is 0 Å². The smallest absolute Gasteiger partial charge is 0.417 e. The van der Waals surface area contributed by atoms with Gasteiger partial charge >= 0.3 is 6.18 Å². The quantitative estimate of drug-likeness (QED) is 0.768. The standard InChI is InChI=1S/C18H16F3NO3/c1-10-6-12(7-14-16(10)13(23)8-17(2,3)25-14)24-15-5-4-11(9-22-15)18(19,20)21/h4-7,9H,8H2,1-3H3. The second kappa shape index (κ2) is 5.75. The molecule has 0 atom stereocenters. The molecule has 0 bridgehead atoms. The fourth-order valence-electron chi connectivity index (χ4n) is 2.76. The molecule has 1 aromatic heterocycles. The topological polar surface area (TPSA) is 48.4 Å². The van der Waals surface area contributed by atoms with Gasteiger partial charge in [-0.25, -0.2) is 4.98 Å². The van der Waals surface area contributed by atoms with Crippen molar-refractivity contribution in [3.05, 3.63) is 47.2 Å². The van der Waals surface area contributed by atoms with Gasteiger partial charge in [-0.05, 0) is 38.5 Å². The number of alkyl halides is 3. The number of aromatic nitrogens is 1. The first-order valence-electron chi connectivity index (χ1n) is 7.63. The van der Waals surface area contributed by atoms with E-state index in [0.717, 1.165) is 12.1 Å². The molecule has 0 radical (unpaired) electrons. The highest BCUT2D eigenvalue weighted by atomic mass is 19.4. The molecule has 132 valence electrons. The van der Waals surface area contributed by atoms with Crippen molar-refractivity contribution in [3.8, 4) is 17.4 Å². The molecule has 0 N–H and O–H groups in total. The van der Waals surface area contributed by atoms with Gasteiger partial charge in [0.1, 0.15) is 17.1 Å². The second-order valence-electron chi connectivity index (χ2n) is 6.56. The zero-order chi connectivity index (χ0) is 18.4. The largest absolute Gasteiger partial charge is 0.486 e. The van der Waals surface area contributed by atoms with E-state index in [1.54, 1.807) is 19.1 Å². The number of hydrogen-bond acceptors (Lipinski definition) is 4. The van der Waals surface area contributed by atoms with Gasteiger partial charge < -0.3 is 9.47 Å². The average Bonchev–Trinajstić information content (AvgIpc) is 2.44. The number of rotatable bonds is 2. The Labute approximate surface area is 142 Å². The number of nitrogens with zero attached hydrogens (tertiary/aromatic N) is 1. The third kappa shape index (κ3) is 3.60. The van der Waals surface area contributed by atoms with Crippen molar-refractivity contribution in [2.75, 3.05) is 0 Å². The van der Waals surface area contributed by atoms with E-state index in [1.807, 2.05) is 13.8 Å². The highest BCUT2D eigenvalue weighted by Gasteiger charge is 2.34.